The normalized spacial score (nSPS) is 9.58. The first kappa shape index (κ1) is 12.9. The molecule has 1 aromatic heterocycles. The summed E-state index contributed by atoms with van der Waals surface area (Å²) in [6, 6.07) is 7.03. The minimum Gasteiger partial charge on any atom is -0.384 e. The molecule has 0 aliphatic rings. The van der Waals surface area contributed by atoms with E-state index in [1.165, 1.54) is 6.20 Å². The van der Waals surface area contributed by atoms with E-state index in [-0.39, 0.29) is 12.5 Å². The molecule has 0 fully saturated rings. The largest absolute Gasteiger partial charge is 0.384 e. The van der Waals surface area contributed by atoms with Crippen LogP contribution in [0.5, 0.6) is 0 Å². The van der Waals surface area contributed by atoms with Crippen molar-refractivity contribution in [3.8, 4) is 11.8 Å². The molecule has 2 rings (SSSR count). The molecule has 0 spiro atoms. The molecule has 1 amide bonds. The third kappa shape index (κ3) is 3.21. The van der Waals surface area contributed by atoms with E-state index in [2.05, 4.69) is 27.4 Å². The fourth-order valence-corrected chi connectivity index (χ4v) is 1.60. The maximum absolute atomic E-state index is 11.8. The Morgan fingerprint density at radius 2 is 2.32 bits per heavy atom. The molecule has 19 heavy (non-hydrogen) atoms. The minimum absolute atomic E-state index is 0.169. The van der Waals surface area contributed by atoms with Gasteiger partial charge < -0.3 is 10.4 Å². The number of aromatic amines is 1. The summed E-state index contributed by atoms with van der Waals surface area (Å²) in [6.07, 6.45) is 1.52. The monoisotopic (exact) mass is 255 g/mol. The van der Waals surface area contributed by atoms with E-state index in [1.54, 1.807) is 18.2 Å². The van der Waals surface area contributed by atoms with Gasteiger partial charge in [0.15, 0.2) is 0 Å². The Balaban J connectivity index is 2.15. The number of nitrogens with zero attached hydrogens (tertiary/aromatic N) is 1. The molecule has 0 saturated heterocycles. The molecule has 96 valence electrons. The first-order valence-corrected chi connectivity index (χ1v) is 5.72. The summed E-state index contributed by atoms with van der Waals surface area (Å²) in [7, 11) is 0. The van der Waals surface area contributed by atoms with Gasteiger partial charge in [0.25, 0.3) is 5.91 Å². The second-order valence-corrected chi connectivity index (χ2v) is 3.91. The van der Waals surface area contributed by atoms with Crippen molar-refractivity contribution in [3.63, 3.8) is 0 Å². The number of aryl methyl sites for hydroxylation is 1. The highest BCUT2D eigenvalue weighted by Crippen LogP contribution is 2.16. The van der Waals surface area contributed by atoms with Gasteiger partial charge in [-0.15, -0.1) is 0 Å². The lowest BCUT2D eigenvalue weighted by Gasteiger charge is -2.07. The van der Waals surface area contributed by atoms with Crippen LogP contribution in [0.15, 0.2) is 30.5 Å². The topological polar surface area (TPSA) is 78.0 Å². The molecule has 1 aromatic carbocycles. The first-order valence-electron chi connectivity index (χ1n) is 5.72. The zero-order chi connectivity index (χ0) is 13.7. The van der Waals surface area contributed by atoms with Crippen molar-refractivity contribution in [1.82, 2.24) is 10.2 Å². The number of rotatable bonds is 2. The predicted octanol–water partition coefficient (Wildman–Crippen LogP) is 1.31. The number of aromatic nitrogens is 2. The molecule has 2 aromatic rings. The quantitative estimate of drug-likeness (QED) is 0.708. The van der Waals surface area contributed by atoms with E-state index in [1.807, 2.05) is 13.0 Å². The molecule has 5 nitrogen and oxygen atoms in total. The summed E-state index contributed by atoms with van der Waals surface area (Å²) in [5, 5.41) is 17.8. The smallest absolute Gasteiger partial charge is 0.273 e. The minimum atomic E-state index is -0.241. The van der Waals surface area contributed by atoms with E-state index >= 15 is 0 Å². The third-order valence-electron chi connectivity index (χ3n) is 2.53. The van der Waals surface area contributed by atoms with Gasteiger partial charge in [-0.1, -0.05) is 11.8 Å². The maximum atomic E-state index is 11.8. The second kappa shape index (κ2) is 5.85. The van der Waals surface area contributed by atoms with Gasteiger partial charge >= 0.3 is 0 Å². The summed E-state index contributed by atoms with van der Waals surface area (Å²) >= 11 is 0. The lowest BCUT2D eigenvalue weighted by atomic mass is 10.1. The van der Waals surface area contributed by atoms with Crippen molar-refractivity contribution >= 4 is 11.6 Å². The van der Waals surface area contributed by atoms with Crippen molar-refractivity contribution in [2.24, 2.45) is 0 Å². The number of carbonyl (C=O) groups is 1. The molecule has 1 heterocycles. The van der Waals surface area contributed by atoms with Gasteiger partial charge in [0.2, 0.25) is 0 Å². The van der Waals surface area contributed by atoms with E-state index < -0.39 is 0 Å². The van der Waals surface area contributed by atoms with Crippen LogP contribution in [0.4, 0.5) is 5.69 Å². The van der Waals surface area contributed by atoms with Crippen LogP contribution < -0.4 is 5.32 Å². The van der Waals surface area contributed by atoms with E-state index in [4.69, 9.17) is 5.11 Å². The summed E-state index contributed by atoms with van der Waals surface area (Å²) in [6.45, 7) is 1.71. The van der Waals surface area contributed by atoms with Gasteiger partial charge in [-0.3, -0.25) is 9.89 Å². The summed E-state index contributed by atoms with van der Waals surface area (Å²) in [5.74, 6) is 5.15. The molecule has 0 atom stereocenters. The van der Waals surface area contributed by atoms with Crippen LogP contribution in [0.1, 0.15) is 21.6 Å². The summed E-state index contributed by atoms with van der Waals surface area (Å²) < 4.78 is 0. The molecule has 0 unspecified atom stereocenters. The molecule has 0 saturated carbocycles. The number of aliphatic hydroxyl groups excluding tert-OH is 1. The zero-order valence-electron chi connectivity index (χ0n) is 10.4. The fourth-order valence-electron chi connectivity index (χ4n) is 1.60. The summed E-state index contributed by atoms with van der Waals surface area (Å²) in [4.78, 5) is 11.8. The molecular formula is C14H13N3O2. The Kier molecular flexibility index (Phi) is 3.96. The van der Waals surface area contributed by atoms with Gasteiger partial charge in [0, 0.05) is 17.4 Å². The van der Waals surface area contributed by atoms with Crippen molar-refractivity contribution in [2.45, 2.75) is 6.92 Å². The third-order valence-corrected chi connectivity index (χ3v) is 2.53. The SMILES string of the molecule is Cc1cc(C#CCO)ccc1NC(=O)c1ccn[nH]1. The zero-order valence-corrected chi connectivity index (χ0v) is 10.4. The average Bonchev–Trinajstić information content (AvgIpc) is 2.93. The van der Waals surface area contributed by atoms with Crippen LogP contribution in [-0.2, 0) is 0 Å². The van der Waals surface area contributed by atoms with Gasteiger partial charge in [0.1, 0.15) is 12.3 Å². The van der Waals surface area contributed by atoms with Crippen molar-refractivity contribution in [3.05, 3.63) is 47.3 Å². The Morgan fingerprint density at radius 1 is 1.47 bits per heavy atom. The Morgan fingerprint density at radius 3 is 2.95 bits per heavy atom. The Bertz CT molecular complexity index is 636. The molecule has 3 N–H and O–H groups in total. The number of hydrogen-bond acceptors (Lipinski definition) is 3. The number of nitrogens with one attached hydrogen (secondary N) is 2. The lowest BCUT2D eigenvalue weighted by molar-refractivity contribution is 0.102. The van der Waals surface area contributed by atoms with Gasteiger partial charge in [0.05, 0.1) is 0 Å². The highest BCUT2D eigenvalue weighted by molar-refractivity contribution is 6.03. The average molecular weight is 255 g/mol. The number of carbonyl (C=O) groups excluding carboxylic acids is 1. The molecule has 0 aliphatic carbocycles. The van der Waals surface area contributed by atoms with Crippen LogP contribution in [-0.4, -0.2) is 27.8 Å². The molecular weight excluding hydrogens is 242 g/mol. The predicted molar refractivity (Wildman–Crippen MR) is 71.7 cm³/mol. The van der Waals surface area contributed by atoms with Gasteiger partial charge in [-0.2, -0.15) is 5.10 Å². The number of amides is 1. The van der Waals surface area contributed by atoms with Gasteiger partial charge in [-0.05, 0) is 36.8 Å². The van der Waals surface area contributed by atoms with Crippen LogP contribution in [0, 0.1) is 18.8 Å². The second-order valence-electron chi connectivity index (χ2n) is 3.91. The first-order chi connectivity index (χ1) is 9.20. The number of hydrogen-bond donors (Lipinski definition) is 3. The standard InChI is InChI=1S/C14H13N3O2/c1-10-9-11(3-2-8-18)4-5-12(10)16-14(19)13-6-7-15-17-13/h4-7,9,18H,8H2,1H3,(H,15,17)(H,16,19). The number of H-pyrrole nitrogens is 1. The molecule has 0 aliphatic heterocycles. The van der Waals surface area contributed by atoms with Crippen LogP contribution in [0.2, 0.25) is 0 Å². The van der Waals surface area contributed by atoms with E-state index in [0.29, 0.717) is 11.4 Å². The number of benzene rings is 1. The van der Waals surface area contributed by atoms with Crippen LogP contribution >= 0.6 is 0 Å². The van der Waals surface area contributed by atoms with Crippen LogP contribution in [0.3, 0.4) is 0 Å². The maximum Gasteiger partial charge on any atom is 0.273 e. The molecule has 0 bridgehead atoms. The van der Waals surface area contributed by atoms with Crippen molar-refractivity contribution in [1.29, 1.82) is 0 Å². The number of aliphatic hydroxyl groups is 1. The van der Waals surface area contributed by atoms with Crippen molar-refractivity contribution in [2.75, 3.05) is 11.9 Å². The molecule has 0 radical (unpaired) electrons. The van der Waals surface area contributed by atoms with Gasteiger partial charge in [-0.25, -0.2) is 0 Å². The fraction of sp³-hybridized carbons (Fsp3) is 0.143. The van der Waals surface area contributed by atoms with Crippen LogP contribution in [0.25, 0.3) is 0 Å². The Hall–Kier alpha value is -2.58. The Labute approximate surface area is 110 Å². The summed E-state index contributed by atoms with van der Waals surface area (Å²) in [5.41, 5.74) is 2.82. The molecule has 5 heteroatoms. The van der Waals surface area contributed by atoms with Crippen molar-refractivity contribution < 1.29 is 9.90 Å². The van der Waals surface area contributed by atoms with E-state index in [9.17, 15) is 4.79 Å². The van der Waals surface area contributed by atoms with E-state index in [0.717, 1.165) is 11.1 Å². The number of anilines is 1. The highest BCUT2D eigenvalue weighted by atomic mass is 16.2. The lowest BCUT2D eigenvalue weighted by Crippen LogP contribution is -2.13. The highest BCUT2D eigenvalue weighted by Gasteiger charge is 2.08.